The lowest BCUT2D eigenvalue weighted by Crippen LogP contribution is -2.49. The van der Waals surface area contributed by atoms with Gasteiger partial charge in [-0.05, 0) is 39.2 Å². The number of carbonyl (C=O) groups excluding carboxylic acids is 1. The van der Waals surface area contributed by atoms with Crippen molar-refractivity contribution in [2.45, 2.75) is 63.8 Å². The fourth-order valence-electron chi connectivity index (χ4n) is 3.91. The van der Waals surface area contributed by atoms with Gasteiger partial charge >= 0.3 is 0 Å². The molecule has 0 aromatic rings. The summed E-state index contributed by atoms with van der Waals surface area (Å²) in [5, 5.41) is 3.42. The minimum Gasteiger partial charge on any atom is -0.321 e. The van der Waals surface area contributed by atoms with Crippen LogP contribution in [0.1, 0.15) is 39.5 Å². The van der Waals surface area contributed by atoms with E-state index >= 15 is 0 Å². The fourth-order valence-corrected chi connectivity index (χ4v) is 3.91. The number of rotatable bonds is 2. The molecule has 3 saturated heterocycles. The van der Waals surface area contributed by atoms with Crippen molar-refractivity contribution in [3.05, 3.63) is 0 Å². The molecule has 0 radical (unpaired) electrons. The van der Waals surface area contributed by atoms with Crippen molar-refractivity contribution in [2.75, 3.05) is 13.1 Å². The molecule has 4 heteroatoms. The van der Waals surface area contributed by atoms with Crippen LogP contribution in [-0.4, -0.2) is 53.1 Å². The van der Waals surface area contributed by atoms with Gasteiger partial charge in [0.15, 0.2) is 0 Å². The van der Waals surface area contributed by atoms with E-state index in [2.05, 4.69) is 22.0 Å². The van der Waals surface area contributed by atoms with Crippen LogP contribution < -0.4 is 5.32 Å². The van der Waals surface area contributed by atoms with E-state index in [1.165, 1.54) is 32.4 Å². The van der Waals surface area contributed by atoms with Gasteiger partial charge in [0.1, 0.15) is 0 Å². The van der Waals surface area contributed by atoms with Crippen LogP contribution in [0.25, 0.3) is 0 Å². The first-order chi connectivity index (χ1) is 8.22. The molecule has 1 N–H and O–H groups in total. The topological polar surface area (TPSA) is 35.6 Å². The molecule has 3 aliphatic rings. The second-order valence-electron chi connectivity index (χ2n) is 5.66. The zero-order valence-corrected chi connectivity index (χ0v) is 10.9. The smallest absolute Gasteiger partial charge is 0.241 e. The van der Waals surface area contributed by atoms with Gasteiger partial charge in [-0.15, -0.1) is 0 Å². The van der Waals surface area contributed by atoms with Gasteiger partial charge in [-0.25, -0.2) is 0 Å². The van der Waals surface area contributed by atoms with E-state index in [-0.39, 0.29) is 12.2 Å². The summed E-state index contributed by atoms with van der Waals surface area (Å²) in [6, 6.07) is 1.11. The number of fused-ring (bicyclic) bond motifs is 1. The van der Waals surface area contributed by atoms with Gasteiger partial charge in [0.2, 0.25) is 5.91 Å². The van der Waals surface area contributed by atoms with E-state index in [1.807, 2.05) is 6.92 Å². The van der Waals surface area contributed by atoms with E-state index in [0.29, 0.717) is 18.0 Å². The number of carbonyl (C=O) groups is 1. The standard InChI is InChI=1S/C13H23N3O/c1-3-12-14-9(2)13(17)16(12)11-6-8-15-7-4-5-10(11)15/h9-12,14H,3-8H2,1-2H3. The lowest BCUT2D eigenvalue weighted by Gasteiger charge is -2.33. The third kappa shape index (κ3) is 1.69. The average molecular weight is 237 g/mol. The third-order valence-corrected chi connectivity index (χ3v) is 4.72. The van der Waals surface area contributed by atoms with Crippen LogP contribution in [0.5, 0.6) is 0 Å². The second-order valence-corrected chi connectivity index (χ2v) is 5.66. The van der Waals surface area contributed by atoms with Crippen LogP contribution in [0.3, 0.4) is 0 Å². The van der Waals surface area contributed by atoms with Gasteiger partial charge in [0, 0.05) is 12.6 Å². The highest BCUT2D eigenvalue weighted by Gasteiger charge is 2.47. The first-order valence-corrected chi connectivity index (χ1v) is 7.04. The molecule has 1 amide bonds. The first-order valence-electron chi connectivity index (χ1n) is 7.04. The minimum absolute atomic E-state index is 0.00963. The van der Waals surface area contributed by atoms with E-state index in [1.54, 1.807) is 0 Å². The molecule has 3 rings (SSSR count). The first kappa shape index (κ1) is 11.5. The predicted molar refractivity (Wildman–Crippen MR) is 66.5 cm³/mol. The summed E-state index contributed by atoms with van der Waals surface area (Å²) in [6.45, 7) is 6.58. The second kappa shape index (κ2) is 4.25. The summed E-state index contributed by atoms with van der Waals surface area (Å²) in [5.41, 5.74) is 0. The van der Waals surface area contributed by atoms with Crippen LogP contribution in [0.2, 0.25) is 0 Å². The van der Waals surface area contributed by atoms with Gasteiger partial charge in [-0.2, -0.15) is 0 Å². The summed E-state index contributed by atoms with van der Waals surface area (Å²) in [4.78, 5) is 17.0. The minimum atomic E-state index is 0.00963. The number of amides is 1. The van der Waals surface area contributed by atoms with E-state index < -0.39 is 0 Å². The monoisotopic (exact) mass is 237 g/mol. The fraction of sp³-hybridized carbons (Fsp3) is 0.923. The van der Waals surface area contributed by atoms with Crippen LogP contribution in [0, 0.1) is 0 Å². The Hall–Kier alpha value is -0.610. The molecule has 3 fully saturated rings. The van der Waals surface area contributed by atoms with Crippen molar-refractivity contribution in [3.63, 3.8) is 0 Å². The Morgan fingerprint density at radius 1 is 1.29 bits per heavy atom. The Balaban J connectivity index is 1.80. The van der Waals surface area contributed by atoms with Gasteiger partial charge in [0.05, 0.1) is 18.2 Å². The number of hydrogen-bond acceptors (Lipinski definition) is 3. The highest BCUT2D eigenvalue weighted by molar-refractivity contribution is 5.84. The summed E-state index contributed by atoms with van der Waals surface area (Å²) in [6.07, 6.45) is 5.03. The third-order valence-electron chi connectivity index (χ3n) is 4.72. The molecule has 3 heterocycles. The maximum absolute atomic E-state index is 12.3. The number of nitrogens with one attached hydrogen (secondary N) is 1. The van der Waals surface area contributed by atoms with Crippen LogP contribution in [0.15, 0.2) is 0 Å². The Labute approximate surface area is 103 Å². The molecule has 0 spiro atoms. The summed E-state index contributed by atoms with van der Waals surface area (Å²) in [5.74, 6) is 0.315. The van der Waals surface area contributed by atoms with Gasteiger partial charge in [-0.3, -0.25) is 15.0 Å². The van der Waals surface area contributed by atoms with Crippen LogP contribution in [-0.2, 0) is 4.79 Å². The highest BCUT2D eigenvalue weighted by atomic mass is 16.2. The maximum Gasteiger partial charge on any atom is 0.241 e. The molecular formula is C13H23N3O. The van der Waals surface area contributed by atoms with Crippen molar-refractivity contribution in [1.82, 2.24) is 15.1 Å². The number of hydrogen-bond donors (Lipinski definition) is 1. The molecule has 0 aliphatic carbocycles. The Morgan fingerprint density at radius 2 is 2.12 bits per heavy atom. The van der Waals surface area contributed by atoms with Gasteiger partial charge < -0.3 is 4.90 Å². The number of nitrogens with zero attached hydrogens (tertiary/aromatic N) is 2. The largest absolute Gasteiger partial charge is 0.321 e. The molecular weight excluding hydrogens is 214 g/mol. The zero-order chi connectivity index (χ0) is 12.0. The average Bonchev–Trinajstić information content (AvgIpc) is 2.96. The maximum atomic E-state index is 12.3. The zero-order valence-electron chi connectivity index (χ0n) is 10.9. The Kier molecular flexibility index (Phi) is 2.87. The van der Waals surface area contributed by atoms with Crippen molar-refractivity contribution in [2.24, 2.45) is 0 Å². The van der Waals surface area contributed by atoms with Crippen LogP contribution >= 0.6 is 0 Å². The van der Waals surface area contributed by atoms with Crippen molar-refractivity contribution in [3.8, 4) is 0 Å². The van der Waals surface area contributed by atoms with E-state index in [4.69, 9.17) is 0 Å². The van der Waals surface area contributed by atoms with Gasteiger partial charge in [-0.1, -0.05) is 6.92 Å². The van der Waals surface area contributed by atoms with Gasteiger partial charge in [0.25, 0.3) is 0 Å². The lowest BCUT2D eigenvalue weighted by molar-refractivity contribution is -0.132. The quantitative estimate of drug-likeness (QED) is 0.771. The molecule has 3 aliphatic heterocycles. The molecule has 0 aromatic heterocycles. The molecule has 0 aromatic carbocycles. The summed E-state index contributed by atoms with van der Waals surface area (Å²) in [7, 11) is 0. The molecule has 17 heavy (non-hydrogen) atoms. The van der Waals surface area contributed by atoms with E-state index in [0.717, 1.165) is 6.42 Å². The van der Waals surface area contributed by atoms with Crippen molar-refractivity contribution < 1.29 is 4.79 Å². The molecule has 96 valence electrons. The molecule has 0 saturated carbocycles. The molecule has 0 bridgehead atoms. The predicted octanol–water partition coefficient (Wildman–Crippen LogP) is 0.780. The van der Waals surface area contributed by atoms with Crippen LogP contribution in [0.4, 0.5) is 0 Å². The normalized spacial score (nSPS) is 42.5. The Morgan fingerprint density at radius 3 is 2.88 bits per heavy atom. The Bertz CT molecular complexity index is 320. The lowest BCUT2D eigenvalue weighted by atomic mass is 10.0. The molecule has 4 atom stereocenters. The summed E-state index contributed by atoms with van der Waals surface area (Å²) >= 11 is 0. The van der Waals surface area contributed by atoms with Crippen molar-refractivity contribution in [1.29, 1.82) is 0 Å². The SMILES string of the molecule is CCC1NC(C)C(=O)N1C1CCN2CCCC12. The summed E-state index contributed by atoms with van der Waals surface area (Å²) < 4.78 is 0. The molecule has 4 nitrogen and oxygen atoms in total. The highest BCUT2D eigenvalue weighted by Crippen LogP contribution is 2.34. The van der Waals surface area contributed by atoms with E-state index in [9.17, 15) is 4.79 Å². The molecule has 4 unspecified atom stereocenters. The van der Waals surface area contributed by atoms with Crippen molar-refractivity contribution >= 4 is 5.91 Å².